The van der Waals surface area contributed by atoms with Crippen molar-refractivity contribution in [2.75, 3.05) is 0 Å². The third kappa shape index (κ3) is 4.15. The van der Waals surface area contributed by atoms with Crippen LogP contribution in [0.25, 0.3) is 0 Å². The lowest BCUT2D eigenvalue weighted by atomic mass is 10.1. The lowest BCUT2D eigenvalue weighted by Crippen LogP contribution is -2.23. The van der Waals surface area contributed by atoms with Gasteiger partial charge in [0.25, 0.3) is 5.91 Å². The highest BCUT2D eigenvalue weighted by molar-refractivity contribution is 7.88. The summed E-state index contributed by atoms with van der Waals surface area (Å²) in [6.45, 7) is 3.70. The molecule has 0 aliphatic carbocycles. The Bertz CT molecular complexity index is 759. The van der Waals surface area contributed by atoms with E-state index in [9.17, 15) is 13.2 Å². The minimum absolute atomic E-state index is 0.210. The molecule has 3 N–H and O–H groups in total. The van der Waals surface area contributed by atoms with Gasteiger partial charge in [0.2, 0.25) is 10.0 Å². The van der Waals surface area contributed by atoms with Crippen LogP contribution in [0.3, 0.4) is 0 Å². The minimum Gasteiger partial charge on any atom is -0.361 e. The van der Waals surface area contributed by atoms with Crippen LogP contribution in [0.1, 0.15) is 32.9 Å². The number of hydrogen-bond donors (Lipinski definition) is 2. The van der Waals surface area contributed by atoms with E-state index in [1.807, 2.05) is 0 Å². The number of carbonyl (C=O) groups is 1. The molecule has 0 unspecified atom stereocenters. The molecule has 1 amide bonds. The molecule has 8 heteroatoms. The van der Waals surface area contributed by atoms with Crippen LogP contribution in [0.15, 0.2) is 28.8 Å². The molecule has 0 spiro atoms. The van der Waals surface area contributed by atoms with Crippen LogP contribution < -0.4 is 10.5 Å². The highest BCUT2D eigenvalue weighted by atomic mass is 32.2. The molecule has 0 atom stereocenters. The molecule has 0 saturated heterocycles. The van der Waals surface area contributed by atoms with Crippen molar-refractivity contribution in [2.45, 2.75) is 26.1 Å². The van der Waals surface area contributed by atoms with Crippen molar-refractivity contribution in [3.63, 3.8) is 0 Å². The maximum absolute atomic E-state index is 12.1. The monoisotopic (exact) mass is 323 g/mol. The number of benzene rings is 1. The summed E-state index contributed by atoms with van der Waals surface area (Å²) in [6.07, 6.45) is 0. The van der Waals surface area contributed by atoms with Gasteiger partial charge in [-0.25, -0.2) is 13.6 Å². The van der Waals surface area contributed by atoms with Crippen LogP contribution in [0.4, 0.5) is 0 Å². The molecular formula is C14H17N3O4S. The molecule has 0 bridgehead atoms. The quantitative estimate of drug-likeness (QED) is 0.852. The van der Waals surface area contributed by atoms with Crippen molar-refractivity contribution in [2.24, 2.45) is 5.14 Å². The van der Waals surface area contributed by atoms with Gasteiger partial charge in [0.05, 0.1) is 11.4 Å². The lowest BCUT2D eigenvalue weighted by molar-refractivity contribution is 0.0949. The van der Waals surface area contributed by atoms with Gasteiger partial charge in [-0.2, -0.15) is 0 Å². The highest BCUT2D eigenvalue weighted by Gasteiger charge is 2.16. The van der Waals surface area contributed by atoms with E-state index in [1.165, 1.54) is 0 Å². The maximum Gasteiger partial charge on any atom is 0.257 e. The Morgan fingerprint density at radius 1 is 1.23 bits per heavy atom. The SMILES string of the molecule is Cc1noc(C)c1C(=O)NCc1ccc(CS(N)(=O)=O)cc1. The van der Waals surface area contributed by atoms with Gasteiger partial charge >= 0.3 is 0 Å². The summed E-state index contributed by atoms with van der Waals surface area (Å²) in [7, 11) is -3.54. The highest BCUT2D eigenvalue weighted by Crippen LogP contribution is 2.12. The van der Waals surface area contributed by atoms with Gasteiger partial charge in [-0.1, -0.05) is 29.4 Å². The van der Waals surface area contributed by atoms with Crippen molar-refractivity contribution < 1.29 is 17.7 Å². The Morgan fingerprint density at radius 2 is 1.82 bits per heavy atom. The second-order valence-electron chi connectivity index (χ2n) is 5.01. The predicted molar refractivity (Wildman–Crippen MR) is 80.4 cm³/mol. The molecule has 22 heavy (non-hydrogen) atoms. The summed E-state index contributed by atoms with van der Waals surface area (Å²) < 4.78 is 27.0. The molecule has 0 aliphatic rings. The van der Waals surface area contributed by atoms with Crippen molar-refractivity contribution in [3.05, 3.63) is 52.4 Å². The van der Waals surface area contributed by atoms with Crippen LogP contribution in [-0.2, 0) is 22.3 Å². The number of sulfonamides is 1. The summed E-state index contributed by atoms with van der Waals surface area (Å²) in [5, 5.41) is 11.5. The number of carbonyl (C=O) groups excluding carboxylic acids is 1. The Labute approximate surface area is 128 Å². The van der Waals surface area contributed by atoms with Crippen LogP contribution in [0.5, 0.6) is 0 Å². The van der Waals surface area contributed by atoms with E-state index in [4.69, 9.17) is 9.66 Å². The average molecular weight is 323 g/mol. The molecular weight excluding hydrogens is 306 g/mol. The summed E-state index contributed by atoms with van der Waals surface area (Å²) in [5.74, 6) is 0.00184. The van der Waals surface area contributed by atoms with Gasteiger partial charge < -0.3 is 9.84 Å². The molecule has 1 aromatic heterocycles. The third-order valence-corrected chi connectivity index (χ3v) is 3.84. The van der Waals surface area contributed by atoms with Crippen molar-refractivity contribution in [3.8, 4) is 0 Å². The summed E-state index contributed by atoms with van der Waals surface area (Å²) in [4.78, 5) is 12.1. The van der Waals surface area contributed by atoms with Gasteiger partial charge in [-0.15, -0.1) is 0 Å². The van der Waals surface area contributed by atoms with E-state index in [0.717, 1.165) is 5.56 Å². The fraction of sp³-hybridized carbons (Fsp3) is 0.286. The number of nitrogens with two attached hydrogens (primary N) is 1. The number of hydrogen-bond acceptors (Lipinski definition) is 5. The zero-order valence-corrected chi connectivity index (χ0v) is 13.1. The third-order valence-electron chi connectivity index (χ3n) is 3.10. The van der Waals surface area contributed by atoms with Crippen LogP contribution in [0, 0.1) is 13.8 Å². The first-order valence-corrected chi connectivity index (χ1v) is 8.27. The van der Waals surface area contributed by atoms with E-state index in [0.29, 0.717) is 29.1 Å². The molecule has 1 aromatic carbocycles. The van der Waals surface area contributed by atoms with E-state index in [2.05, 4.69) is 10.5 Å². The van der Waals surface area contributed by atoms with E-state index < -0.39 is 10.0 Å². The van der Waals surface area contributed by atoms with Gasteiger partial charge in [0.1, 0.15) is 11.3 Å². The number of aromatic nitrogens is 1. The van der Waals surface area contributed by atoms with Crippen molar-refractivity contribution in [1.29, 1.82) is 0 Å². The normalized spacial score (nSPS) is 11.4. The first kappa shape index (κ1) is 16.2. The molecule has 2 rings (SSSR count). The number of aryl methyl sites for hydroxylation is 2. The van der Waals surface area contributed by atoms with Gasteiger partial charge in [0, 0.05) is 6.54 Å². The van der Waals surface area contributed by atoms with E-state index in [1.54, 1.807) is 38.1 Å². The first-order valence-electron chi connectivity index (χ1n) is 6.55. The molecule has 2 aromatic rings. The van der Waals surface area contributed by atoms with Gasteiger partial charge in [-0.3, -0.25) is 4.79 Å². The zero-order valence-electron chi connectivity index (χ0n) is 12.3. The Morgan fingerprint density at radius 3 is 2.32 bits per heavy atom. The average Bonchev–Trinajstić information content (AvgIpc) is 2.75. The fourth-order valence-electron chi connectivity index (χ4n) is 2.06. The van der Waals surface area contributed by atoms with E-state index in [-0.39, 0.29) is 11.7 Å². The Hall–Kier alpha value is -2.19. The molecule has 0 fully saturated rings. The topological polar surface area (TPSA) is 115 Å². The second kappa shape index (κ2) is 6.29. The molecule has 0 aliphatic heterocycles. The molecule has 7 nitrogen and oxygen atoms in total. The largest absolute Gasteiger partial charge is 0.361 e. The van der Waals surface area contributed by atoms with Crippen LogP contribution in [-0.4, -0.2) is 19.5 Å². The standard InChI is InChI=1S/C14H17N3O4S/c1-9-13(10(2)21-17-9)14(18)16-7-11-3-5-12(6-4-11)8-22(15,19)20/h3-6H,7-8H2,1-2H3,(H,16,18)(H2,15,19,20). The number of rotatable bonds is 5. The Kier molecular flexibility index (Phi) is 4.62. The van der Waals surface area contributed by atoms with Crippen molar-refractivity contribution in [1.82, 2.24) is 10.5 Å². The van der Waals surface area contributed by atoms with Gasteiger partial charge in [0.15, 0.2) is 0 Å². The van der Waals surface area contributed by atoms with Crippen LogP contribution in [0.2, 0.25) is 0 Å². The number of nitrogens with one attached hydrogen (secondary N) is 1. The summed E-state index contributed by atoms with van der Waals surface area (Å²) in [5.41, 5.74) is 2.42. The van der Waals surface area contributed by atoms with Crippen molar-refractivity contribution >= 4 is 15.9 Å². The Balaban J connectivity index is 1.99. The van der Waals surface area contributed by atoms with Gasteiger partial charge in [-0.05, 0) is 25.0 Å². The minimum atomic E-state index is -3.54. The molecule has 118 valence electrons. The first-order chi connectivity index (χ1) is 10.3. The van der Waals surface area contributed by atoms with E-state index >= 15 is 0 Å². The smallest absolute Gasteiger partial charge is 0.257 e. The predicted octanol–water partition coefficient (Wildman–Crippen LogP) is 1.01. The lowest BCUT2D eigenvalue weighted by Gasteiger charge is -2.06. The number of primary sulfonamides is 1. The molecule has 1 heterocycles. The molecule has 0 radical (unpaired) electrons. The molecule has 0 saturated carbocycles. The fourth-order valence-corrected chi connectivity index (χ4v) is 2.72. The number of amides is 1. The summed E-state index contributed by atoms with van der Waals surface area (Å²) >= 11 is 0. The zero-order chi connectivity index (χ0) is 16.3. The number of nitrogens with zero attached hydrogens (tertiary/aromatic N) is 1. The summed E-state index contributed by atoms with van der Waals surface area (Å²) in [6, 6.07) is 6.83. The van der Waals surface area contributed by atoms with Crippen LogP contribution >= 0.6 is 0 Å². The second-order valence-corrected chi connectivity index (χ2v) is 6.62. The maximum atomic E-state index is 12.1.